The molecule has 2 aromatic rings. The van der Waals surface area contributed by atoms with Crippen molar-refractivity contribution in [2.45, 2.75) is 46.3 Å². The molecule has 3 rings (SSSR count). The minimum atomic E-state index is -0.910. The molecule has 0 saturated heterocycles. The van der Waals surface area contributed by atoms with Gasteiger partial charge in [0.1, 0.15) is 11.8 Å². The van der Waals surface area contributed by atoms with Gasteiger partial charge in [-0.3, -0.25) is 9.69 Å². The van der Waals surface area contributed by atoms with Crippen LogP contribution in [0, 0.1) is 0 Å². The van der Waals surface area contributed by atoms with E-state index < -0.39 is 23.9 Å². The second kappa shape index (κ2) is 10.1. The summed E-state index contributed by atoms with van der Waals surface area (Å²) in [5.41, 5.74) is 1.98. The molecule has 168 valence electrons. The molecule has 0 aromatic heterocycles. The van der Waals surface area contributed by atoms with Gasteiger partial charge in [-0.15, -0.1) is 0 Å². The van der Waals surface area contributed by atoms with Crippen LogP contribution in [-0.2, 0) is 20.7 Å². The predicted molar refractivity (Wildman–Crippen MR) is 120 cm³/mol. The normalized spacial score (nSPS) is 16.1. The van der Waals surface area contributed by atoms with Crippen LogP contribution in [0.5, 0.6) is 5.75 Å². The molecule has 0 saturated carbocycles. The number of carbonyl (C=O) groups excluding carboxylic acids is 3. The Kier molecular flexibility index (Phi) is 7.30. The van der Waals surface area contributed by atoms with Gasteiger partial charge in [-0.05, 0) is 51.0 Å². The number of imide groups is 1. The van der Waals surface area contributed by atoms with Crippen LogP contribution in [0.3, 0.4) is 0 Å². The fraction of sp³-hybridized carbons (Fsp3) is 0.320. The van der Waals surface area contributed by atoms with Crippen LogP contribution in [0.1, 0.15) is 44.9 Å². The molecule has 0 bridgehead atoms. The molecule has 0 radical (unpaired) electrons. The molecule has 1 aliphatic heterocycles. The van der Waals surface area contributed by atoms with Gasteiger partial charge in [0.05, 0.1) is 24.7 Å². The molecule has 0 fully saturated rings. The van der Waals surface area contributed by atoms with E-state index in [2.05, 4.69) is 5.32 Å². The summed E-state index contributed by atoms with van der Waals surface area (Å²) >= 11 is 0. The first-order chi connectivity index (χ1) is 15.3. The molecule has 7 heteroatoms. The average molecular weight is 437 g/mol. The molecular weight excluding hydrogens is 408 g/mol. The van der Waals surface area contributed by atoms with Gasteiger partial charge in [0.15, 0.2) is 0 Å². The molecule has 1 heterocycles. The number of hydrogen-bond acceptors (Lipinski definition) is 5. The van der Waals surface area contributed by atoms with Crippen molar-refractivity contribution in [2.75, 3.05) is 6.61 Å². The highest BCUT2D eigenvalue weighted by Crippen LogP contribution is 2.35. The molecule has 0 spiro atoms. The summed E-state index contributed by atoms with van der Waals surface area (Å²) in [4.78, 5) is 40.2. The van der Waals surface area contributed by atoms with Gasteiger partial charge in [-0.25, -0.2) is 9.59 Å². The number of hydrogen-bond donors (Lipinski definition) is 1. The van der Waals surface area contributed by atoms with Gasteiger partial charge in [-0.1, -0.05) is 42.5 Å². The quantitative estimate of drug-likeness (QED) is 0.659. The van der Waals surface area contributed by atoms with E-state index in [1.807, 2.05) is 44.2 Å². The van der Waals surface area contributed by atoms with E-state index in [4.69, 9.17) is 9.47 Å². The largest absolute Gasteiger partial charge is 0.491 e. The number of esters is 1. The van der Waals surface area contributed by atoms with Crippen LogP contribution in [-0.4, -0.2) is 35.5 Å². The van der Waals surface area contributed by atoms with Gasteiger partial charge in [0.25, 0.3) is 0 Å². The SMILES string of the molecule is CCOC(=O)C1=C(C)NC(=O)N(C(=O)Cc2ccccc2)C1c1ccc(OC(C)C)cc1. The van der Waals surface area contributed by atoms with Crippen molar-refractivity contribution in [3.8, 4) is 5.75 Å². The van der Waals surface area contributed by atoms with E-state index in [0.29, 0.717) is 17.0 Å². The summed E-state index contributed by atoms with van der Waals surface area (Å²) in [6.07, 6.45) is 0.0246. The molecule has 2 aromatic carbocycles. The standard InChI is InChI=1S/C25H28N2O5/c1-5-31-24(29)22-17(4)26-25(30)27(21(28)15-18-9-7-6-8-10-18)23(22)19-11-13-20(14-12-19)32-16(2)3/h6-14,16,23H,5,15H2,1-4H3,(H,26,30). The Bertz CT molecular complexity index is 1010. The third-order valence-electron chi connectivity index (χ3n) is 4.98. The zero-order chi connectivity index (χ0) is 23.3. The maximum absolute atomic E-state index is 13.3. The van der Waals surface area contributed by atoms with Crippen LogP contribution in [0.2, 0.25) is 0 Å². The highest BCUT2D eigenvalue weighted by Gasteiger charge is 2.41. The molecule has 7 nitrogen and oxygen atoms in total. The second-order valence-electron chi connectivity index (χ2n) is 7.75. The van der Waals surface area contributed by atoms with Crippen molar-refractivity contribution in [3.05, 3.63) is 77.0 Å². The number of rotatable bonds is 7. The summed E-state index contributed by atoms with van der Waals surface area (Å²) in [6, 6.07) is 14.7. The average Bonchev–Trinajstić information content (AvgIpc) is 2.74. The van der Waals surface area contributed by atoms with Crippen LogP contribution < -0.4 is 10.1 Å². The summed E-state index contributed by atoms with van der Waals surface area (Å²) < 4.78 is 11.0. The summed E-state index contributed by atoms with van der Waals surface area (Å²) in [5.74, 6) is -0.338. The highest BCUT2D eigenvalue weighted by atomic mass is 16.5. The van der Waals surface area contributed by atoms with Crippen molar-refractivity contribution >= 4 is 17.9 Å². The molecule has 1 N–H and O–H groups in total. The highest BCUT2D eigenvalue weighted by molar-refractivity contribution is 6.02. The van der Waals surface area contributed by atoms with Crippen molar-refractivity contribution < 1.29 is 23.9 Å². The zero-order valence-corrected chi connectivity index (χ0v) is 18.8. The molecule has 1 aliphatic rings. The Morgan fingerprint density at radius 2 is 1.72 bits per heavy atom. The minimum Gasteiger partial charge on any atom is -0.491 e. The maximum Gasteiger partial charge on any atom is 0.338 e. The monoisotopic (exact) mass is 436 g/mol. The number of benzene rings is 2. The topological polar surface area (TPSA) is 84.9 Å². The lowest BCUT2D eigenvalue weighted by Gasteiger charge is -2.36. The first-order valence-electron chi connectivity index (χ1n) is 10.6. The van der Waals surface area contributed by atoms with E-state index in [1.165, 1.54) is 0 Å². The summed E-state index contributed by atoms with van der Waals surface area (Å²) in [7, 11) is 0. The van der Waals surface area contributed by atoms with Crippen LogP contribution >= 0.6 is 0 Å². The fourth-order valence-corrected chi connectivity index (χ4v) is 3.64. The summed E-state index contributed by atoms with van der Waals surface area (Å²) in [5, 5.41) is 2.64. The third kappa shape index (κ3) is 5.17. The zero-order valence-electron chi connectivity index (χ0n) is 18.8. The number of carbonyl (C=O) groups is 3. The summed E-state index contributed by atoms with van der Waals surface area (Å²) in [6.45, 7) is 7.37. The molecule has 0 aliphatic carbocycles. The lowest BCUT2D eigenvalue weighted by Crippen LogP contribution is -2.51. The third-order valence-corrected chi connectivity index (χ3v) is 4.98. The first kappa shape index (κ1) is 23.1. The van der Waals surface area contributed by atoms with Crippen molar-refractivity contribution in [3.63, 3.8) is 0 Å². The molecule has 32 heavy (non-hydrogen) atoms. The first-order valence-corrected chi connectivity index (χ1v) is 10.6. The van der Waals surface area contributed by atoms with Crippen LogP contribution in [0.15, 0.2) is 65.9 Å². The van der Waals surface area contributed by atoms with Gasteiger partial charge in [-0.2, -0.15) is 0 Å². The van der Waals surface area contributed by atoms with Crippen LogP contribution in [0.4, 0.5) is 4.79 Å². The molecule has 3 amide bonds. The van der Waals surface area contributed by atoms with Crippen molar-refractivity contribution in [1.29, 1.82) is 0 Å². The smallest absolute Gasteiger partial charge is 0.338 e. The Hall–Kier alpha value is -3.61. The van der Waals surface area contributed by atoms with E-state index in [0.717, 1.165) is 10.5 Å². The van der Waals surface area contributed by atoms with Crippen molar-refractivity contribution in [1.82, 2.24) is 10.2 Å². The number of urea groups is 1. The second-order valence-corrected chi connectivity index (χ2v) is 7.75. The molecule has 1 unspecified atom stereocenters. The molecule has 1 atom stereocenters. The predicted octanol–water partition coefficient (Wildman–Crippen LogP) is 4.15. The van der Waals surface area contributed by atoms with Crippen molar-refractivity contribution in [2.24, 2.45) is 0 Å². The van der Waals surface area contributed by atoms with E-state index in [-0.39, 0.29) is 24.7 Å². The van der Waals surface area contributed by atoms with E-state index in [9.17, 15) is 14.4 Å². The molecular formula is C25H28N2O5. The Morgan fingerprint density at radius 3 is 2.31 bits per heavy atom. The Balaban J connectivity index is 2.04. The Labute approximate surface area is 188 Å². The lowest BCUT2D eigenvalue weighted by atomic mass is 9.93. The van der Waals surface area contributed by atoms with Gasteiger partial charge in [0, 0.05) is 5.70 Å². The Morgan fingerprint density at radius 1 is 1.06 bits per heavy atom. The van der Waals surface area contributed by atoms with Gasteiger partial charge < -0.3 is 14.8 Å². The maximum atomic E-state index is 13.3. The number of nitrogens with one attached hydrogen (secondary N) is 1. The van der Waals surface area contributed by atoms with Gasteiger partial charge >= 0.3 is 12.0 Å². The minimum absolute atomic E-state index is 0.00231. The van der Waals surface area contributed by atoms with Crippen LogP contribution in [0.25, 0.3) is 0 Å². The fourth-order valence-electron chi connectivity index (χ4n) is 3.64. The van der Waals surface area contributed by atoms with Gasteiger partial charge in [0.2, 0.25) is 5.91 Å². The van der Waals surface area contributed by atoms with E-state index >= 15 is 0 Å². The number of allylic oxidation sites excluding steroid dienone is 1. The van der Waals surface area contributed by atoms with E-state index in [1.54, 1.807) is 38.1 Å². The lowest BCUT2D eigenvalue weighted by molar-refractivity contribution is -0.140. The number of ether oxygens (including phenoxy) is 2. The number of nitrogens with zero attached hydrogens (tertiary/aromatic N) is 1. The number of amides is 3.